The van der Waals surface area contributed by atoms with Gasteiger partial charge in [0.2, 0.25) is 5.91 Å². The minimum absolute atomic E-state index is 0.0583. The van der Waals surface area contributed by atoms with Gasteiger partial charge in [0, 0.05) is 38.1 Å². The molecule has 6 nitrogen and oxygen atoms in total. The Balaban J connectivity index is 1.62. The standard InChI is InChI=1S/C25H28ClF2N3O3/c1-2-16-4-3-5-17(8-16)14-29-15-23(32)22(11-18-9-19(27)12-20(28)10-18)30-25(33)7-6-21-13-24(26)31-34-21/h3-5,8-10,12-13,22-23,29,32H,2,6-7,11,14-15H2,1H3,(H,30,33). The summed E-state index contributed by atoms with van der Waals surface area (Å²) in [7, 11) is 0. The lowest BCUT2D eigenvalue weighted by Gasteiger charge is -2.25. The molecule has 182 valence electrons. The Kier molecular flexibility index (Phi) is 9.56. The first-order valence-corrected chi connectivity index (χ1v) is 11.5. The number of carbonyl (C=O) groups excluding carboxylic acids is 1. The first kappa shape index (κ1) is 25.8. The number of amides is 1. The fourth-order valence-electron chi connectivity index (χ4n) is 3.65. The van der Waals surface area contributed by atoms with Gasteiger partial charge in [-0.05, 0) is 41.7 Å². The Hall–Kier alpha value is -2.81. The second-order valence-electron chi connectivity index (χ2n) is 8.14. The van der Waals surface area contributed by atoms with Crippen LogP contribution in [-0.2, 0) is 30.6 Å². The van der Waals surface area contributed by atoms with E-state index in [1.807, 2.05) is 12.1 Å². The van der Waals surface area contributed by atoms with Crippen molar-refractivity contribution in [1.29, 1.82) is 0 Å². The summed E-state index contributed by atoms with van der Waals surface area (Å²) in [5.41, 5.74) is 2.62. The van der Waals surface area contributed by atoms with Gasteiger partial charge in [0.05, 0.1) is 12.1 Å². The number of nitrogens with one attached hydrogen (secondary N) is 2. The maximum Gasteiger partial charge on any atom is 0.220 e. The number of benzene rings is 2. The van der Waals surface area contributed by atoms with Crippen LogP contribution in [0.25, 0.3) is 0 Å². The minimum atomic E-state index is -0.996. The molecule has 0 saturated heterocycles. The van der Waals surface area contributed by atoms with E-state index in [1.54, 1.807) is 0 Å². The molecular weight excluding hydrogens is 464 g/mol. The zero-order chi connectivity index (χ0) is 24.5. The van der Waals surface area contributed by atoms with Crippen molar-refractivity contribution >= 4 is 17.5 Å². The summed E-state index contributed by atoms with van der Waals surface area (Å²) in [6, 6.07) is 12.0. The molecule has 0 aliphatic rings. The molecule has 1 aromatic heterocycles. The molecular formula is C25H28ClF2N3O3. The second-order valence-corrected chi connectivity index (χ2v) is 8.53. The largest absolute Gasteiger partial charge is 0.390 e. The highest BCUT2D eigenvalue weighted by Gasteiger charge is 2.22. The third kappa shape index (κ3) is 8.20. The molecule has 3 aromatic rings. The van der Waals surface area contributed by atoms with E-state index < -0.39 is 23.8 Å². The monoisotopic (exact) mass is 491 g/mol. The molecule has 0 spiro atoms. The summed E-state index contributed by atoms with van der Waals surface area (Å²) < 4.78 is 32.3. The number of hydrogen-bond acceptors (Lipinski definition) is 5. The number of aliphatic hydroxyl groups excluding tert-OH is 1. The molecule has 3 N–H and O–H groups in total. The van der Waals surface area contributed by atoms with Crippen LogP contribution in [0.3, 0.4) is 0 Å². The number of hydrogen-bond donors (Lipinski definition) is 3. The lowest BCUT2D eigenvalue weighted by Crippen LogP contribution is -2.48. The number of nitrogens with zero attached hydrogens (tertiary/aromatic N) is 1. The van der Waals surface area contributed by atoms with Gasteiger partial charge in [-0.1, -0.05) is 47.9 Å². The SMILES string of the molecule is CCc1cccc(CNCC(O)C(Cc2cc(F)cc(F)c2)NC(=O)CCc2cc(Cl)no2)c1. The van der Waals surface area contributed by atoms with Gasteiger partial charge >= 0.3 is 0 Å². The Morgan fingerprint density at radius 3 is 2.53 bits per heavy atom. The number of carbonyl (C=O) groups is 1. The molecule has 0 aliphatic carbocycles. The van der Waals surface area contributed by atoms with Crippen molar-refractivity contribution < 1.29 is 23.2 Å². The van der Waals surface area contributed by atoms with Crippen LogP contribution in [0, 0.1) is 11.6 Å². The van der Waals surface area contributed by atoms with Crippen molar-refractivity contribution in [1.82, 2.24) is 15.8 Å². The van der Waals surface area contributed by atoms with Crippen molar-refractivity contribution in [2.75, 3.05) is 6.54 Å². The number of halogens is 3. The van der Waals surface area contributed by atoms with Gasteiger partial charge in [-0.25, -0.2) is 8.78 Å². The maximum atomic E-state index is 13.7. The van der Waals surface area contributed by atoms with E-state index in [0.29, 0.717) is 17.9 Å². The lowest BCUT2D eigenvalue weighted by molar-refractivity contribution is -0.122. The van der Waals surface area contributed by atoms with Crippen molar-refractivity contribution in [3.05, 3.63) is 87.8 Å². The summed E-state index contributed by atoms with van der Waals surface area (Å²) in [6.45, 7) is 2.79. The van der Waals surface area contributed by atoms with Crippen LogP contribution in [0.4, 0.5) is 8.78 Å². The average molecular weight is 492 g/mol. The molecule has 0 saturated carbocycles. The van der Waals surface area contributed by atoms with Crippen LogP contribution >= 0.6 is 11.6 Å². The van der Waals surface area contributed by atoms with E-state index in [1.165, 1.54) is 23.8 Å². The normalized spacial score (nSPS) is 13.0. The van der Waals surface area contributed by atoms with E-state index in [0.717, 1.165) is 18.1 Å². The first-order chi connectivity index (χ1) is 16.3. The summed E-state index contributed by atoms with van der Waals surface area (Å²) in [6.07, 6.45) is 0.334. The quantitative estimate of drug-likeness (QED) is 0.357. The van der Waals surface area contributed by atoms with Gasteiger partial charge < -0.3 is 20.3 Å². The number of aryl methyl sites for hydroxylation is 2. The molecule has 2 atom stereocenters. The Labute approximate surface area is 202 Å². The number of aliphatic hydroxyl groups is 1. The predicted molar refractivity (Wildman–Crippen MR) is 125 cm³/mol. The first-order valence-electron chi connectivity index (χ1n) is 11.1. The van der Waals surface area contributed by atoms with Gasteiger partial charge in [-0.15, -0.1) is 0 Å². The van der Waals surface area contributed by atoms with E-state index in [2.05, 4.69) is 34.8 Å². The highest BCUT2D eigenvalue weighted by atomic mass is 35.5. The second kappa shape index (κ2) is 12.6. The molecule has 1 amide bonds. The highest BCUT2D eigenvalue weighted by Crippen LogP contribution is 2.14. The molecule has 34 heavy (non-hydrogen) atoms. The number of aromatic nitrogens is 1. The summed E-state index contributed by atoms with van der Waals surface area (Å²) in [5, 5.41) is 20.5. The van der Waals surface area contributed by atoms with Crippen molar-refractivity contribution in [3.8, 4) is 0 Å². The van der Waals surface area contributed by atoms with Crippen molar-refractivity contribution in [3.63, 3.8) is 0 Å². The van der Waals surface area contributed by atoms with Crippen LogP contribution in [0.1, 0.15) is 35.8 Å². The average Bonchev–Trinajstić information content (AvgIpc) is 3.22. The fraction of sp³-hybridized carbons (Fsp3) is 0.360. The van der Waals surface area contributed by atoms with Gasteiger partial charge in [-0.2, -0.15) is 0 Å². The van der Waals surface area contributed by atoms with Crippen LogP contribution in [0.15, 0.2) is 53.1 Å². The number of rotatable bonds is 12. The zero-order valence-electron chi connectivity index (χ0n) is 18.9. The summed E-state index contributed by atoms with van der Waals surface area (Å²) >= 11 is 5.72. The van der Waals surface area contributed by atoms with Gasteiger partial charge in [0.25, 0.3) is 0 Å². The summed E-state index contributed by atoms with van der Waals surface area (Å²) in [4.78, 5) is 12.5. The third-order valence-electron chi connectivity index (χ3n) is 5.40. The molecule has 2 unspecified atom stereocenters. The van der Waals surface area contributed by atoms with Gasteiger partial charge in [-0.3, -0.25) is 4.79 Å². The van der Waals surface area contributed by atoms with Gasteiger partial charge in [0.1, 0.15) is 17.4 Å². The topological polar surface area (TPSA) is 87.4 Å². The van der Waals surface area contributed by atoms with Gasteiger partial charge in [0.15, 0.2) is 5.15 Å². The molecule has 2 aromatic carbocycles. The lowest BCUT2D eigenvalue weighted by atomic mass is 10.00. The van der Waals surface area contributed by atoms with E-state index >= 15 is 0 Å². The third-order valence-corrected chi connectivity index (χ3v) is 5.58. The van der Waals surface area contributed by atoms with Crippen molar-refractivity contribution in [2.24, 2.45) is 0 Å². The molecule has 0 fully saturated rings. The molecule has 0 bridgehead atoms. The molecule has 0 radical (unpaired) electrons. The smallest absolute Gasteiger partial charge is 0.220 e. The van der Waals surface area contributed by atoms with E-state index in [9.17, 15) is 18.7 Å². The Bertz CT molecular complexity index is 1070. The highest BCUT2D eigenvalue weighted by molar-refractivity contribution is 6.29. The van der Waals surface area contributed by atoms with Crippen molar-refractivity contribution in [2.45, 2.75) is 51.3 Å². The minimum Gasteiger partial charge on any atom is -0.390 e. The molecule has 9 heteroatoms. The Morgan fingerprint density at radius 1 is 1.12 bits per heavy atom. The van der Waals surface area contributed by atoms with Crippen LogP contribution in [0.2, 0.25) is 5.15 Å². The fourth-order valence-corrected chi connectivity index (χ4v) is 3.81. The van der Waals surface area contributed by atoms with Crippen LogP contribution < -0.4 is 10.6 Å². The molecule has 1 heterocycles. The van der Waals surface area contributed by atoms with Crippen LogP contribution in [0.5, 0.6) is 0 Å². The predicted octanol–water partition coefficient (Wildman–Crippen LogP) is 3.98. The molecule has 3 rings (SSSR count). The van der Waals surface area contributed by atoms with E-state index in [-0.39, 0.29) is 36.9 Å². The van der Waals surface area contributed by atoms with E-state index in [4.69, 9.17) is 16.1 Å². The molecule has 0 aliphatic heterocycles. The van der Waals surface area contributed by atoms with Crippen LogP contribution in [-0.4, -0.2) is 34.9 Å². The Morgan fingerprint density at radius 2 is 1.85 bits per heavy atom. The summed E-state index contributed by atoms with van der Waals surface area (Å²) in [5.74, 6) is -1.32. The zero-order valence-corrected chi connectivity index (χ0v) is 19.6. The maximum absolute atomic E-state index is 13.7.